The number of anilines is 1. The largest absolute Gasteiger partial charge is 0.399 e. The number of nitrogens with zero attached hydrogens (tertiary/aromatic N) is 2. The molecule has 0 radical (unpaired) electrons. The van der Waals surface area contributed by atoms with Gasteiger partial charge in [-0.2, -0.15) is 0 Å². The number of amides is 1. The summed E-state index contributed by atoms with van der Waals surface area (Å²) in [5.41, 5.74) is 8.21. The van der Waals surface area contributed by atoms with Gasteiger partial charge in [-0.1, -0.05) is 6.07 Å². The van der Waals surface area contributed by atoms with Crippen molar-refractivity contribution in [2.75, 3.05) is 12.8 Å². The molecule has 3 rings (SSSR count). The minimum Gasteiger partial charge on any atom is -0.399 e. The van der Waals surface area contributed by atoms with Crippen molar-refractivity contribution < 1.29 is 4.79 Å². The molecule has 1 aliphatic carbocycles. The zero-order valence-electron chi connectivity index (χ0n) is 12.9. The number of hydrogen-bond acceptors (Lipinski definition) is 4. The highest BCUT2D eigenvalue weighted by molar-refractivity contribution is 7.11. The number of carbonyl (C=O) groups excluding carboxylic acids is 1. The molecule has 1 amide bonds. The van der Waals surface area contributed by atoms with Crippen molar-refractivity contribution in [2.45, 2.75) is 32.2 Å². The average molecular weight is 374 g/mol. The smallest absolute Gasteiger partial charge is 0.254 e. The van der Waals surface area contributed by atoms with Crippen LogP contribution in [0.15, 0.2) is 24.3 Å². The number of benzene rings is 1. The van der Waals surface area contributed by atoms with Gasteiger partial charge >= 0.3 is 0 Å². The van der Waals surface area contributed by atoms with Crippen LogP contribution >= 0.6 is 36.2 Å². The molecule has 2 N–H and O–H groups in total. The second kappa shape index (κ2) is 8.52. The van der Waals surface area contributed by atoms with E-state index in [-0.39, 0.29) is 30.7 Å². The number of aryl methyl sites for hydroxylation is 2. The third-order valence-corrected chi connectivity index (χ3v) is 4.88. The number of nitrogens with two attached hydrogens (primary N) is 1. The first-order valence-corrected chi connectivity index (χ1v) is 8.03. The van der Waals surface area contributed by atoms with Crippen molar-refractivity contribution in [2.24, 2.45) is 0 Å². The fraction of sp³-hybridized carbons (Fsp3) is 0.375. The van der Waals surface area contributed by atoms with E-state index in [4.69, 9.17) is 5.73 Å². The lowest BCUT2D eigenvalue weighted by Crippen LogP contribution is -2.26. The van der Waals surface area contributed by atoms with E-state index < -0.39 is 0 Å². The van der Waals surface area contributed by atoms with Gasteiger partial charge in [0, 0.05) is 23.2 Å². The molecule has 0 fully saturated rings. The summed E-state index contributed by atoms with van der Waals surface area (Å²) in [6.07, 6.45) is 4.71. The monoisotopic (exact) mass is 373 g/mol. The molecule has 0 saturated heterocycles. The number of halogens is 2. The van der Waals surface area contributed by atoms with E-state index in [1.807, 2.05) is 7.05 Å². The normalized spacial score (nSPS) is 12.6. The summed E-state index contributed by atoms with van der Waals surface area (Å²) in [7, 11) is 1.81. The number of thiazole rings is 1. The van der Waals surface area contributed by atoms with Gasteiger partial charge in [0.05, 0.1) is 12.2 Å². The minimum atomic E-state index is -0.0181. The maximum atomic E-state index is 12.4. The average Bonchev–Trinajstić information content (AvgIpc) is 2.88. The molecule has 0 unspecified atom stereocenters. The molecule has 0 aliphatic heterocycles. The first kappa shape index (κ1) is 19.7. The highest BCUT2D eigenvalue weighted by Crippen LogP contribution is 2.27. The van der Waals surface area contributed by atoms with Crippen LogP contribution in [0.3, 0.4) is 0 Å². The van der Waals surface area contributed by atoms with Gasteiger partial charge in [0.15, 0.2) is 0 Å². The van der Waals surface area contributed by atoms with E-state index in [9.17, 15) is 4.79 Å². The van der Waals surface area contributed by atoms with Crippen LogP contribution < -0.4 is 5.73 Å². The Morgan fingerprint density at radius 2 is 2.04 bits per heavy atom. The molecule has 1 aromatic heterocycles. The molecule has 0 bridgehead atoms. The molecule has 0 atom stereocenters. The Kier molecular flexibility index (Phi) is 7.32. The fourth-order valence-electron chi connectivity index (χ4n) is 2.64. The van der Waals surface area contributed by atoms with Crippen LogP contribution in [0.25, 0.3) is 0 Å². The van der Waals surface area contributed by atoms with E-state index in [1.54, 1.807) is 40.5 Å². The van der Waals surface area contributed by atoms with Crippen molar-refractivity contribution >= 4 is 47.7 Å². The van der Waals surface area contributed by atoms with E-state index in [0.29, 0.717) is 17.8 Å². The van der Waals surface area contributed by atoms with Gasteiger partial charge in [0.1, 0.15) is 5.01 Å². The second-order valence-corrected chi connectivity index (χ2v) is 6.64. The zero-order chi connectivity index (χ0) is 14.8. The van der Waals surface area contributed by atoms with Crippen LogP contribution in [0.1, 0.15) is 38.8 Å². The van der Waals surface area contributed by atoms with Gasteiger partial charge in [-0.05, 0) is 43.9 Å². The third-order valence-electron chi connectivity index (χ3n) is 3.74. The minimum absolute atomic E-state index is 0. The van der Waals surface area contributed by atoms with E-state index in [1.165, 1.54) is 23.4 Å². The molecule has 1 heterocycles. The number of hydrogen-bond donors (Lipinski definition) is 1. The van der Waals surface area contributed by atoms with E-state index in [0.717, 1.165) is 17.8 Å². The predicted molar refractivity (Wildman–Crippen MR) is 99.9 cm³/mol. The molecular formula is C16H21Cl2N3OS. The molecule has 1 aliphatic rings. The number of fused-ring (bicyclic) bond motifs is 1. The third kappa shape index (κ3) is 4.59. The highest BCUT2D eigenvalue weighted by atomic mass is 35.5. The lowest BCUT2D eigenvalue weighted by molar-refractivity contribution is 0.0785. The van der Waals surface area contributed by atoms with Crippen LogP contribution in [0.4, 0.5) is 5.69 Å². The quantitative estimate of drug-likeness (QED) is 0.833. The summed E-state index contributed by atoms with van der Waals surface area (Å²) in [5, 5.41) is 1.03. The Balaban J connectivity index is 0.00000132. The predicted octanol–water partition coefficient (Wildman–Crippen LogP) is 3.72. The van der Waals surface area contributed by atoms with Gasteiger partial charge in [-0.3, -0.25) is 4.79 Å². The first-order valence-electron chi connectivity index (χ1n) is 7.22. The highest BCUT2D eigenvalue weighted by Gasteiger charge is 2.18. The van der Waals surface area contributed by atoms with Crippen LogP contribution in [0, 0.1) is 0 Å². The molecule has 0 saturated carbocycles. The summed E-state index contributed by atoms with van der Waals surface area (Å²) >= 11 is 1.75. The number of nitrogen functional groups attached to an aromatic ring is 1. The van der Waals surface area contributed by atoms with Gasteiger partial charge in [-0.25, -0.2) is 4.98 Å². The fourth-order valence-corrected chi connectivity index (χ4v) is 3.85. The molecule has 23 heavy (non-hydrogen) atoms. The number of rotatable bonds is 3. The number of carbonyl (C=O) groups is 1. The Labute approximate surface area is 152 Å². The summed E-state index contributed by atoms with van der Waals surface area (Å²) in [4.78, 5) is 20.2. The lowest BCUT2D eigenvalue weighted by Gasteiger charge is -2.15. The Morgan fingerprint density at radius 1 is 1.30 bits per heavy atom. The van der Waals surface area contributed by atoms with Crippen molar-refractivity contribution in [1.29, 1.82) is 0 Å². The molecule has 7 heteroatoms. The van der Waals surface area contributed by atoms with Crippen LogP contribution in [-0.4, -0.2) is 22.8 Å². The van der Waals surface area contributed by atoms with Crippen molar-refractivity contribution in [3.05, 3.63) is 45.4 Å². The molecular weight excluding hydrogens is 353 g/mol. The first-order chi connectivity index (χ1) is 10.1. The Hall–Kier alpha value is -1.30. The molecule has 126 valence electrons. The summed E-state index contributed by atoms with van der Waals surface area (Å²) in [6.45, 7) is 0.561. The summed E-state index contributed by atoms with van der Waals surface area (Å²) in [6, 6.07) is 7.10. The molecule has 2 aromatic rings. The SMILES string of the molecule is CN(Cc1nc2c(s1)CCCC2)C(=O)c1cccc(N)c1.Cl.Cl. The zero-order valence-corrected chi connectivity index (χ0v) is 15.4. The van der Waals surface area contributed by atoms with Crippen molar-refractivity contribution in [3.8, 4) is 0 Å². The number of aromatic nitrogens is 1. The van der Waals surface area contributed by atoms with Gasteiger partial charge in [-0.15, -0.1) is 36.2 Å². The van der Waals surface area contributed by atoms with Crippen LogP contribution in [-0.2, 0) is 19.4 Å². The maximum Gasteiger partial charge on any atom is 0.254 e. The summed E-state index contributed by atoms with van der Waals surface area (Å²) < 4.78 is 0. The lowest BCUT2D eigenvalue weighted by atomic mass is 10.0. The topological polar surface area (TPSA) is 59.2 Å². The van der Waals surface area contributed by atoms with Crippen molar-refractivity contribution in [3.63, 3.8) is 0 Å². The van der Waals surface area contributed by atoms with Crippen molar-refractivity contribution in [1.82, 2.24) is 9.88 Å². The molecule has 4 nitrogen and oxygen atoms in total. The molecule has 1 aromatic carbocycles. The standard InChI is InChI=1S/C16H19N3OS.2ClH/c1-19(16(20)11-5-4-6-12(17)9-11)10-15-18-13-7-2-3-8-14(13)21-15;;/h4-6,9H,2-3,7-8,10,17H2,1H3;2*1H. The maximum absolute atomic E-state index is 12.4. The second-order valence-electron chi connectivity index (χ2n) is 5.47. The van der Waals surface area contributed by atoms with Gasteiger partial charge < -0.3 is 10.6 Å². The van der Waals surface area contributed by atoms with Gasteiger partial charge in [0.2, 0.25) is 0 Å². The Morgan fingerprint density at radius 3 is 2.74 bits per heavy atom. The van der Waals surface area contributed by atoms with Crippen LogP contribution in [0.2, 0.25) is 0 Å². The molecule has 0 spiro atoms. The van der Waals surface area contributed by atoms with Gasteiger partial charge in [0.25, 0.3) is 5.91 Å². The van der Waals surface area contributed by atoms with E-state index >= 15 is 0 Å². The van der Waals surface area contributed by atoms with Crippen LogP contribution in [0.5, 0.6) is 0 Å². The summed E-state index contributed by atoms with van der Waals surface area (Å²) in [5.74, 6) is -0.0181. The Bertz CT molecular complexity index is 652. The van der Waals surface area contributed by atoms with E-state index in [2.05, 4.69) is 4.98 Å².